The average Bonchev–Trinajstić information content (AvgIpc) is 3.08. The highest BCUT2D eigenvalue weighted by Crippen LogP contribution is 2.16. The summed E-state index contributed by atoms with van der Waals surface area (Å²) in [5.74, 6) is 0. The van der Waals surface area contributed by atoms with Gasteiger partial charge in [0.2, 0.25) is 0 Å². The van der Waals surface area contributed by atoms with Gasteiger partial charge >= 0.3 is 6.03 Å². The number of amides is 2. The first-order valence-corrected chi connectivity index (χ1v) is 7.72. The lowest BCUT2D eigenvalue weighted by atomic mass is 10.1. The van der Waals surface area contributed by atoms with Crippen molar-refractivity contribution in [2.45, 2.75) is 20.0 Å². The fourth-order valence-corrected chi connectivity index (χ4v) is 2.34. The lowest BCUT2D eigenvalue weighted by Gasteiger charge is -2.07. The second kappa shape index (κ2) is 7.41. The predicted octanol–water partition coefficient (Wildman–Crippen LogP) is 2.78. The van der Waals surface area contributed by atoms with Gasteiger partial charge in [-0.1, -0.05) is 36.4 Å². The smallest absolute Gasteiger partial charge is 0.315 e. The maximum atomic E-state index is 11.9. The van der Waals surface area contributed by atoms with Crippen LogP contribution < -0.4 is 10.6 Å². The van der Waals surface area contributed by atoms with Crippen molar-refractivity contribution in [2.75, 3.05) is 0 Å². The van der Waals surface area contributed by atoms with Crippen molar-refractivity contribution < 1.29 is 4.79 Å². The minimum absolute atomic E-state index is 0.229. The molecule has 0 bridgehead atoms. The molecular weight excluding hydrogens is 302 g/mol. The summed E-state index contributed by atoms with van der Waals surface area (Å²) in [4.78, 5) is 16.0. The van der Waals surface area contributed by atoms with Gasteiger partial charge < -0.3 is 10.6 Å². The van der Waals surface area contributed by atoms with Crippen LogP contribution in [0.25, 0.3) is 11.3 Å². The van der Waals surface area contributed by atoms with Crippen molar-refractivity contribution in [1.82, 2.24) is 25.8 Å². The van der Waals surface area contributed by atoms with Gasteiger partial charge in [0.1, 0.15) is 0 Å². The number of H-pyrrole nitrogens is 1. The first-order valence-electron chi connectivity index (χ1n) is 7.72. The lowest BCUT2D eigenvalue weighted by molar-refractivity contribution is 0.240. The number of aryl methyl sites for hydroxylation is 1. The summed E-state index contributed by atoms with van der Waals surface area (Å²) in [5.41, 5.74) is 4.79. The van der Waals surface area contributed by atoms with E-state index >= 15 is 0 Å². The van der Waals surface area contributed by atoms with E-state index in [9.17, 15) is 4.79 Å². The third-order valence-electron chi connectivity index (χ3n) is 3.52. The molecule has 2 heterocycles. The number of pyridine rings is 1. The summed E-state index contributed by atoms with van der Waals surface area (Å²) < 4.78 is 0. The van der Waals surface area contributed by atoms with E-state index in [0.717, 1.165) is 28.1 Å². The summed E-state index contributed by atoms with van der Waals surface area (Å²) in [5, 5.41) is 12.8. The number of rotatable bonds is 5. The Labute approximate surface area is 140 Å². The summed E-state index contributed by atoms with van der Waals surface area (Å²) in [6, 6.07) is 13.6. The number of carbonyl (C=O) groups excluding carboxylic acids is 1. The molecule has 0 atom stereocenters. The summed E-state index contributed by atoms with van der Waals surface area (Å²) in [6.07, 6.45) is 3.53. The second-order valence-corrected chi connectivity index (χ2v) is 5.55. The zero-order valence-electron chi connectivity index (χ0n) is 13.4. The monoisotopic (exact) mass is 321 g/mol. The zero-order valence-corrected chi connectivity index (χ0v) is 13.4. The van der Waals surface area contributed by atoms with Crippen LogP contribution in [0.4, 0.5) is 4.79 Å². The Balaban J connectivity index is 1.49. The number of nitrogens with one attached hydrogen (secondary N) is 3. The van der Waals surface area contributed by atoms with E-state index in [0.29, 0.717) is 13.1 Å². The third-order valence-corrected chi connectivity index (χ3v) is 3.52. The highest BCUT2D eigenvalue weighted by atomic mass is 16.2. The van der Waals surface area contributed by atoms with E-state index in [1.54, 1.807) is 12.4 Å². The van der Waals surface area contributed by atoms with Crippen LogP contribution in [-0.4, -0.2) is 21.2 Å². The number of aromatic amines is 1. The maximum Gasteiger partial charge on any atom is 0.315 e. The largest absolute Gasteiger partial charge is 0.334 e. The van der Waals surface area contributed by atoms with Crippen LogP contribution in [0.5, 0.6) is 0 Å². The number of urea groups is 1. The molecule has 0 spiro atoms. The van der Waals surface area contributed by atoms with Gasteiger partial charge in [-0.25, -0.2) is 4.79 Å². The Bertz CT molecular complexity index is 813. The van der Waals surface area contributed by atoms with Gasteiger partial charge in [0.05, 0.1) is 17.9 Å². The molecule has 2 aromatic heterocycles. The molecule has 0 aliphatic heterocycles. The molecule has 24 heavy (non-hydrogen) atoms. The Morgan fingerprint density at radius 2 is 1.88 bits per heavy atom. The molecule has 0 aliphatic carbocycles. The molecule has 2 amide bonds. The fourth-order valence-electron chi connectivity index (χ4n) is 2.34. The van der Waals surface area contributed by atoms with Gasteiger partial charge in [0.25, 0.3) is 0 Å². The van der Waals surface area contributed by atoms with E-state index < -0.39 is 0 Å². The lowest BCUT2D eigenvalue weighted by Crippen LogP contribution is -2.34. The highest BCUT2D eigenvalue weighted by molar-refractivity contribution is 5.73. The van der Waals surface area contributed by atoms with Crippen LogP contribution in [-0.2, 0) is 13.1 Å². The molecule has 3 rings (SSSR count). The standard InChI is InChI=1S/C18H19N5O/c1-13-7-14(10-19-9-13)11-20-18(24)21-12-16-8-17(23-22-16)15-5-3-2-4-6-15/h2-10H,11-12H2,1H3,(H,22,23)(H2,20,21,24). The first-order chi connectivity index (χ1) is 11.7. The number of benzene rings is 1. The molecule has 0 aliphatic rings. The predicted molar refractivity (Wildman–Crippen MR) is 92.1 cm³/mol. The third kappa shape index (κ3) is 4.19. The molecule has 122 valence electrons. The molecular formula is C18H19N5O. The summed E-state index contributed by atoms with van der Waals surface area (Å²) in [7, 11) is 0. The summed E-state index contributed by atoms with van der Waals surface area (Å²) >= 11 is 0. The number of nitrogens with zero attached hydrogens (tertiary/aromatic N) is 2. The van der Waals surface area contributed by atoms with E-state index in [4.69, 9.17) is 0 Å². The van der Waals surface area contributed by atoms with E-state index in [1.165, 1.54) is 0 Å². The van der Waals surface area contributed by atoms with Crippen molar-refractivity contribution in [3.63, 3.8) is 0 Å². The Morgan fingerprint density at radius 3 is 2.67 bits per heavy atom. The normalized spacial score (nSPS) is 10.4. The number of aromatic nitrogens is 3. The number of hydrogen-bond acceptors (Lipinski definition) is 3. The molecule has 0 fully saturated rings. The van der Waals surface area contributed by atoms with Crippen LogP contribution in [0.1, 0.15) is 16.8 Å². The fraction of sp³-hybridized carbons (Fsp3) is 0.167. The van der Waals surface area contributed by atoms with Gasteiger partial charge in [-0.3, -0.25) is 10.1 Å². The number of hydrogen-bond donors (Lipinski definition) is 3. The van der Waals surface area contributed by atoms with Crippen molar-refractivity contribution >= 4 is 6.03 Å². The molecule has 3 aromatic rings. The highest BCUT2D eigenvalue weighted by Gasteiger charge is 2.05. The second-order valence-electron chi connectivity index (χ2n) is 5.55. The van der Waals surface area contributed by atoms with Crippen LogP contribution in [0.2, 0.25) is 0 Å². The molecule has 1 aromatic carbocycles. The van der Waals surface area contributed by atoms with Crippen molar-refractivity contribution in [3.05, 3.63) is 71.7 Å². The van der Waals surface area contributed by atoms with Gasteiger partial charge in [-0.05, 0) is 24.1 Å². The molecule has 0 unspecified atom stereocenters. The average molecular weight is 321 g/mol. The SMILES string of the molecule is Cc1cncc(CNC(=O)NCc2cc(-c3ccccc3)n[nH]2)c1. The van der Waals surface area contributed by atoms with Crippen molar-refractivity contribution in [3.8, 4) is 11.3 Å². The van der Waals surface area contributed by atoms with E-state index in [-0.39, 0.29) is 6.03 Å². The Kier molecular flexibility index (Phi) is 4.86. The minimum Gasteiger partial charge on any atom is -0.334 e. The van der Waals surface area contributed by atoms with Crippen LogP contribution in [0.15, 0.2) is 54.9 Å². The van der Waals surface area contributed by atoms with Crippen LogP contribution >= 0.6 is 0 Å². The van der Waals surface area contributed by atoms with Crippen molar-refractivity contribution in [2.24, 2.45) is 0 Å². The molecule has 0 saturated heterocycles. The van der Waals surface area contributed by atoms with Gasteiger partial charge in [0, 0.05) is 24.5 Å². The van der Waals surface area contributed by atoms with Gasteiger partial charge in [-0.15, -0.1) is 0 Å². The summed E-state index contributed by atoms with van der Waals surface area (Å²) in [6.45, 7) is 2.80. The maximum absolute atomic E-state index is 11.9. The molecule has 6 heteroatoms. The van der Waals surface area contributed by atoms with Crippen LogP contribution in [0, 0.1) is 6.92 Å². The molecule has 0 saturated carbocycles. The molecule has 0 radical (unpaired) electrons. The molecule has 6 nitrogen and oxygen atoms in total. The molecule has 3 N–H and O–H groups in total. The Morgan fingerprint density at radius 1 is 1.08 bits per heavy atom. The van der Waals surface area contributed by atoms with E-state index in [2.05, 4.69) is 25.8 Å². The zero-order chi connectivity index (χ0) is 16.8. The van der Waals surface area contributed by atoms with Crippen molar-refractivity contribution in [1.29, 1.82) is 0 Å². The minimum atomic E-state index is -0.229. The topological polar surface area (TPSA) is 82.7 Å². The quantitative estimate of drug-likeness (QED) is 0.676. The van der Waals surface area contributed by atoms with Gasteiger partial charge in [0.15, 0.2) is 0 Å². The van der Waals surface area contributed by atoms with E-state index in [1.807, 2.05) is 49.4 Å². The van der Waals surface area contributed by atoms with Gasteiger partial charge in [-0.2, -0.15) is 5.10 Å². The first kappa shape index (κ1) is 15.7. The number of carbonyl (C=O) groups is 1. The Hall–Kier alpha value is -3.15. The van der Waals surface area contributed by atoms with Crippen LogP contribution in [0.3, 0.4) is 0 Å².